The highest BCUT2D eigenvalue weighted by molar-refractivity contribution is 7.54. The summed E-state index contributed by atoms with van der Waals surface area (Å²) in [6.07, 6.45) is -8.35. The highest BCUT2D eigenvalue weighted by atomic mass is 31.2. The van der Waals surface area contributed by atoms with Crippen molar-refractivity contribution in [2.75, 3.05) is 37.8 Å². The van der Waals surface area contributed by atoms with Crippen molar-refractivity contribution in [3.63, 3.8) is 0 Å². The van der Waals surface area contributed by atoms with Gasteiger partial charge in [-0.2, -0.15) is 0 Å². The number of halogens is 2. The van der Waals surface area contributed by atoms with Crippen LogP contribution in [0.1, 0.15) is 54.0 Å². The number of allylic oxidation sites excluding steroid dienone is 1. The van der Waals surface area contributed by atoms with E-state index in [0.717, 1.165) is 23.3 Å². The number of aromatic nitrogens is 8. The normalized spacial score (nSPS) is 31.0. The van der Waals surface area contributed by atoms with Gasteiger partial charge in [-0.1, -0.05) is 0 Å². The molecule has 2 fully saturated rings. The molecule has 326 valence electrons. The quantitative estimate of drug-likeness (QED) is 0.143. The molecule has 60 heavy (non-hydrogen) atoms. The van der Waals surface area contributed by atoms with E-state index in [2.05, 4.69) is 29.9 Å². The van der Waals surface area contributed by atoms with Crippen molar-refractivity contribution in [3.05, 3.63) is 37.1 Å². The number of imidazole rings is 2. The van der Waals surface area contributed by atoms with Gasteiger partial charge in [-0.15, -0.1) is 0 Å². The number of esters is 2. The molecule has 4 aromatic heterocycles. The largest absolute Gasteiger partial charge is 0.478 e. The Morgan fingerprint density at radius 2 is 1.35 bits per heavy atom. The summed E-state index contributed by atoms with van der Waals surface area (Å²) in [4.78, 5) is 49.5. The smallest absolute Gasteiger partial charge is 0.469 e. The molecule has 0 amide bonds. The zero-order valence-electron chi connectivity index (χ0n) is 32.9. The minimum Gasteiger partial charge on any atom is -0.469 e. The minimum atomic E-state index is -5.09. The lowest BCUT2D eigenvalue weighted by Crippen LogP contribution is -2.35. The number of phosphoric acid groups is 1. The lowest BCUT2D eigenvalue weighted by molar-refractivity contribution is -0.161. The maximum atomic E-state index is 16.8. The molecule has 9 atom stereocenters. The summed E-state index contributed by atoms with van der Waals surface area (Å²) in [5, 5.41) is 0. The number of fused-ring (bicyclic) bond motifs is 4. The van der Waals surface area contributed by atoms with Gasteiger partial charge in [-0.25, -0.2) is 47.8 Å². The first-order valence-electron chi connectivity index (χ1n) is 18.2. The van der Waals surface area contributed by atoms with Crippen LogP contribution < -0.4 is 11.5 Å². The number of carbonyl (C=O) groups is 2. The first-order chi connectivity index (χ1) is 28.2. The molecule has 0 radical (unpaired) electrons. The number of nitrogens with two attached hydrogens (primary N) is 2. The Morgan fingerprint density at radius 3 is 1.92 bits per heavy atom. The number of rotatable bonds is 8. The third kappa shape index (κ3) is 8.71. The monoisotopic (exact) mass is 886 g/mol. The number of nitrogens with zero attached hydrogens (tertiary/aromatic N) is 8. The predicted octanol–water partition coefficient (Wildman–Crippen LogP) is 4.05. The highest BCUT2D eigenvalue weighted by Gasteiger charge is 2.54. The van der Waals surface area contributed by atoms with Crippen LogP contribution in [-0.2, 0) is 60.3 Å². The van der Waals surface area contributed by atoms with Crippen LogP contribution in [0.2, 0.25) is 0 Å². The fraction of sp³-hybridized carbons (Fsp3) is 0.576. The number of anilines is 2. The Kier molecular flexibility index (Phi) is 11.8. The third-order valence-electron chi connectivity index (χ3n) is 9.19. The minimum absolute atomic E-state index is 0.0174. The molecule has 7 heterocycles. The molecule has 4 aromatic rings. The van der Waals surface area contributed by atoms with E-state index in [1.165, 1.54) is 17.2 Å². The van der Waals surface area contributed by atoms with Gasteiger partial charge in [0.2, 0.25) is 19.8 Å². The number of nitrogen functional groups attached to an aromatic ring is 2. The number of phosphoric ester groups is 1. The van der Waals surface area contributed by atoms with E-state index in [0.29, 0.717) is 0 Å². The highest BCUT2D eigenvalue weighted by Crippen LogP contribution is 2.58. The van der Waals surface area contributed by atoms with Crippen LogP contribution in [0.4, 0.5) is 20.4 Å². The standard InChI is InChI=1S/C33H42F2N10O13P2/c1-32(2,3)30(46)50-14-53-59(48)8-7-16-22(18(34)28(55-16)44-12-42-20-24(36)38-10-40-26(20)44)58-60(49,54-15-51-31(47)33(4,5)6)52-9-17-23(57-59)19(35)29(56-17)45-13-43-21-25(37)39-11-41-27(21)45/h7,10-13,17-19,22-23,28-29H,8-9,14-15H2,1-6H3,(H2,36,38,40)(H2,37,39,41)/b16-7+/t17-,18-,19-,22-,23-,28-,29-,59?,60?/m1/s1. The van der Waals surface area contributed by atoms with Crippen LogP contribution in [-0.4, -0.2) is 108 Å². The molecule has 0 spiro atoms. The second-order valence-electron chi connectivity index (χ2n) is 15.7. The average Bonchev–Trinajstić information content (AvgIpc) is 3.94. The van der Waals surface area contributed by atoms with Crippen molar-refractivity contribution in [1.82, 2.24) is 39.0 Å². The van der Waals surface area contributed by atoms with Gasteiger partial charge in [0.25, 0.3) is 0 Å². The van der Waals surface area contributed by atoms with Gasteiger partial charge in [0.1, 0.15) is 48.0 Å². The van der Waals surface area contributed by atoms with E-state index in [4.69, 9.17) is 53.0 Å². The molecule has 23 nitrogen and oxygen atoms in total. The summed E-state index contributed by atoms with van der Waals surface area (Å²) < 4.78 is 116. The van der Waals surface area contributed by atoms with Crippen LogP contribution in [0, 0.1) is 10.8 Å². The number of alkyl halides is 2. The molecule has 0 aromatic carbocycles. The topological polar surface area (TPSA) is 291 Å². The molecular weight excluding hydrogens is 844 g/mol. The maximum absolute atomic E-state index is 16.8. The average molecular weight is 887 g/mol. The van der Waals surface area contributed by atoms with Crippen molar-refractivity contribution >= 4 is 61.3 Å². The molecule has 2 saturated heterocycles. The SMILES string of the molecule is CC(C)(C)C(=O)OCOP1(=O)C/C=C2/O[C@@H](n3cnc4c(N)ncnc43)[C@H](F)[C@@H]2OP(=O)(OCOC(=O)C(C)(C)C)OC[C@H]2O[C@@H](n3cnc4c(N)ncnc43)[C@H](F)[C@@H]2O1. The van der Waals surface area contributed by atoms with E-state index in [1.807, 2.05) is 0 Å². The molecule has 7 rings (SSSR count). The summed E-state index contributed by atoms with van der Waals surface area (Å²) in [6.45, 7) is 6.58. The molecule has 3 aliphatic heterocycles. The van der Waals surface area contributed by atoms with Crippen LogP contribution >= 0.6 is 15.4 Å². The summed E-state index contributed by atoms with van der Waals surface area (Å²) >= 11 is 0. The molecule has 0 saturated carbocycles. The second-order valence-corrected chi connectivity index (χ2v) is 19.4. The zero-order chi connectivity index (χ0) is 43.4. The lowest BCUT2D eigenvalue weighted by atomic mass is 9.98. The van der Waals surface area contributed by atoms with Crippen molar-refractivity contribution < 1.29 is 69.1 Å². The molecule has 2 unspecified atom stereocenters. The molecule has 3 aliphatic rings. The molecule has 0 aliphatic carbocycles. The summed E-state index contributed by atoms with van der Waals surface area (Å²) in [5.41, 5.74) is 10.2. The third-order valence-corrected chi connectivity index (χ3v) is 12.3. The number of carbonyl (C=O) groups excluding carboxylic acids is 2. The summed E-state index contributed by atoms with van der Waals surface area (Å²) in [6, 6.07) is 0. The van der Waals surface area contributed by atoms with Gasteiger partial charge in [0, 0.05) is 0 Å². The summed E-state index contributed by atoms with van der Waals surface area (Å²) in [7, 11) is -9.78. The lowest BCUT2D eigenvalue weighted by Gasteiger charge is -2.28. The van der Waals surface area contributed by atoms with Crippen LogP contribution in [0.25, 0.3) is 22.3 Å². The predicted molar refractivity (Wildman–Crippen MR) is 200 cm³/mol. The molecule has 0 bridgehead atoms. The van der Waals surface area contributed by atoms with Crippen LogP contribution in [0.3, 0.4) is 0 Å². The number of hydrogen-bond donors (Lipinski definition) is 2. The van der Waals surface area contributed by atoms with Gasteiger partial charge in [0.05, 0.1) is 29.9 Å². The first kappa shape index (κ1) is 43.4. The van der Waals surface area contributed by atoms with Gasteiger partial charge in [-0.3, -0.25) is 41.4 Å². The van der Waals surface area contributed by atoms with E-state index in [1.54, 1.807) is 41.5 Å². The Balaban J connectivity index is 1.27. The van der Waals surface area contributed by atoms with Crippen LogP contribution in [0.15, 0.2) is 37.1 Å². The van der Waals surface area contributed by atoms with Crippen molar-refractivity contribution in [3.8, 4) is 0 Å². The van der Waals surface area contributed by atoms with E-state index in [9.17, 15) is 18.7 Å². The first-order valence-corrected chi connectivity index (χ1v) is 21.4. The number of ether oxygens (including phenoxy) is 4. The zero-order valence-corrected chi connectivity index (χ0v) is 34.7. The van der Waals surface area contributed by atoms with Gasteiger partial charge < -0.3 is 30.4 Å². The van der Waals surface area contributed by atoms with Gasteiger partial charge in [0.15, 0.2) is 47.6 Å². The van der Waals surface area contributed by atoms with E-state index in [-0.39, 0.29) is 34.0 Å². The fourth-order valence-corrected chi connectivity index (χ4v) is 8.70. The Bertz CT molecular complexity index is 2410. The molecule has 27 heteroatoms. The van der Waals surface area contributed by atoms with Crippen molar-refractivity contribution in [2.24, 2.45) is 10.8 Å². The molecular formula is C33H42F2N10O13P2. The van der Waals surface area contributed by atoms with Gasteiger partial charge in [-0.05, 0) is 47.6 Å². The fourth-order valence-electron chi connectivity index (χ4n) is 6.01. The molecule has 4 N–H and O–H groups in total. The second kappa shape index (κ2) is 16.3. The Hall–Kier alpha value is -4.74. The van der Waals surface area contributed by atoms with E-state index >= 15 is 8.78 Å². The van der Waals surface area contributed by atoms with Gasteiger partial charge >= 0.3 is 27.4 Å². The maximum Gasteiger partial charge on any atom is 0.478 e. The Morgan fingerprint density at radius 1 is 0.800 bits per heavy atom. The van der Waals surface area contributed by atoms with Crippen molar-refractivity contribution in [2.45, 2.75) is 84.7 Å². The van der Waals surface area contributed by atoms with E-state index < -0.39 is 113 Å². The van der Waals surface area contributed by atoms with Crippen molar-refractivity contribution in [1.29, 1.82) is 0 Å². The van der Waals surface area contributed by atoms with Crippen LogP contribution in [0.5, 0.6) is 0 Å². The number of hydrogen-bond acceptors (Lipinski definition) is 21. The summed E-state index contributed by atoms with van der Waals surface area (Å²) in [5.74, 6) is -1.97. The Labute approximate surface area is 339 Å².